The zero-order chi connectivity index (χ0) is 18.8. The van der Waals surface area contributed by atoms with Gasteiger partial charge in [0, 0.05) is 25.7 Å². The Labute approximate surface area is 159 Å². The summed E-state index contributed by atoms with van der Waals surface area (Å²) < 4.78 is 3.35. The van der Waals surface area contributed by atoms with E-state index in [1.54, 1.807) is 0 Å². The van der Waals surface area contributed by atoms with E-state index in [1.165, 1.54) is 10.1 Å². The molecule has 1 unspecified atom stereocenters. The molecule has 1 aliphatic heterocycles. The molecule has 0 saturated carbocycles. The van der Waals surface area contributed by atoms with E-state index >= 15 is 0 Å². The maximum Gasteiger partial charge on any atom is 0.331 e. The fourth-order valence-electron chi connectivity index (χ4n) is 4.36. The Kier molecular flexibility index (Phi) is 5.14. The minimum Gasteiger partial charge on any atom is -0.376 e. The lowest BCUT2D eigenvalue weighted by atomic mass is 9.98. The number of aliphatic hydroxyl groups excluding tert-OH is 1. The van der Waals surface area contributed by atoms with Crippen molar-refractivity contribution >= 4 is 11.0 Å². The zero-order valence-electron chi connectivity index (χ0n) is 15.8. The maximum absolute atomic E-state index is 12.8. The molecular weight excluding hydrogens is 338 g/mol. The van der Waals surface area contributed by atoms with Gasteiger partial charge in [-0.15, -0.1) is 0 Å². The van der Waals surface area contributed by atoms with Gasteiger partial charge in [0.1, 0.15) is 6.73 Å². The number of hydrogen-bond donors (Lipinski definition) is 1. The molecule has 2 aromatic carbocycles. The summed E-state index contributed by atoms with van der Waals surface area (Å²) in [6.45, 7) is 5.03. The number of imidazole rings is 1. The van der Waals surface area contributed by atoms with E-state index in [1.807, 2.05) is 28.8 Å². The summed E-state index contributed by atoms with van der Waals surface area (Å²) in [6, 6.07) is 18.6. The van der Waals surface area contributed by atoms with E-state index < -0.39 is 0 Å². The van der Waals surface area contributed by atoms with Crippen LogP contribution in [0.1, 0.15) is 37.3 Å². The number of aliphatic hydroxyl groups is 1. The molecule has 0 radical (unpaired) electrons. The van der Waals surface area contributed by atoms with Gasteiger partial charge >= 0.3 is 5.69 Å². The van der Waals surface area contributed by atoms with Crippen LogP contribution in [0.2, 0.25) is 0 Å². The molecule has 5 heteroatoms. The molecule has 3 aromatic rings. The van der Waals surface area contributed by atoms with Crippen LogP contribution in [0.4, 0.5) is 0 Å². The van der Waals surface area contributed by atoms with Crippen LogP contribution in [-0.2, 0) is 6.73 Å². The van der Waals surface area contributed by atoms with Gasteiger partial charge in [-0.2, -0.15) is 0 Å². The Bertz CT molecular complexity index is 953. The smallest absolute Gasteiger partial charge is 0.331 e. The van der Waals surface area contributed by atoms with E-state index in [4.69, 9.17) is 0 Å². The van der Waals surface area contributed by atoms with Crippen molar-refractivity contribution < 1.29 is 5.11 Å². The van der Waals surface area contributed by atoms with Gasteiger partial charge in [0.2, 0.25) is 0 Å². The van der Waals surface area contributed by atoms with E-state index in [0.29, 0.717) is 5.92 Å². The minimum atomic E-state index is -0.278. The summed E-state index contributed by atoms with van der Waals surface area (Å²) in [6.07, 6.45) is 1.92. The number of hydrogen-bond acceptors (Lipinski definition) is 3. The Balaban J connectivity index is 1.48. The molecule has 4 rings (SSSR count). The molecule has 142 valence electrons. The Morgan fingerprint density at radius 2 is 1.63 bits per heavy atom. The number of fused-ring (bicyclic) bond motifs is 1. The van der Waals surface area contributed by atoms with Gasteiger partial charge in [0.15, 0.2) is 0 Å². The second-order valence-corrected chi connectivity index (χ2v) is 7.55. The standard InChI is InChI=1S/C22H27N3O2/c1-17(18-7-3-2-4-8-18)15-23-13-11-19(12-14-23)25-21-10-6-5-9-20(21)24(16-26)22(25)27/h2-10,17,19,26H,11-16H2,1H3. The SMILES string of the molecule is CC(CN1CCC(n2c(=O)n(CO)c3ccccc32)CC1)c1ccccc1. The highest BCUT2D eigenvalue weighted by Crippen LogP contribution is 2.27. The third-order valence-corrected chi connectivity index (χ3v) is 5.83. The molecular formula is C22H27N3O2. The van der Waals surface area contributed by atoms with Crippen molar-refractivity contribution in [1.82, 2.24) is 14.0 Å². The molecule has 0 amide bonds. The first-order valence-electron chi connectivity index (χ1n) is 9.77. The third kappa shape index (κ3) is 3.45. The highest BCUT2D eigenvalue weighted by molar-refractivity contribution is 5.76. The molecule has 5 nitrogen and oxygen atoms in total. The van der Waals surface area contributed by atoms with Crippen molar-refractivity contribution in [2.45, 2.75) is 38.5 Å². The zero-order valence-corrected chi connectivity index (χ0v) is 15.8. The van der Waals surface area contributed by atoms with Crippen LogP contribution in [0.3, 0.4) is 0 Å². The molecule has 1 saturated heterocycles. The first-order chi connectivity index (χ1) is 13.2. The van der Waals surface area contributed by atoms with Crippen LogP contribution >= 0.6 is 0 Å². The number of piperidine rings is 1. The first kappa shape index (κ1) is 18.0. The molecule has 27 heavy (non-hydrogen) atoms. The lowest BCUT2D eigenvalue weighted by molar-refractivity contribution is 0.175. The second kappa shape index (κ2) is 7.71. The molecule has 0 spiro atoms. The topological polar surface area (TPSA) is 50.4 Å². The van der Waals surface area contributed by atoms with Gasteiger partial charge < -0.3 is 10.0 Å². The highest BCUT2D eigenvalue weighted by Gasteiger charge is 2.25. The number of aromatic nitrogens is 2. The first-order valence-corrected chi connectivity index (χ1v) is 9.77. The van der Waals surface area contributed by atoms with Crippen LogP contribution < -0.4 is 5.69 Å². The lowest BCUT2D eigenvalue weighted by Crippen LogP contribution is -2.39. The van der Waals surface area contributed by atoms with Crippen molar-refractivity contribution in [3.63, 3.8) is 0 Å². The molecule has 1 aromatic heterocycles. The quantitative estimate of drug-likeness (QED) is 0.755. The largest absolute Gasteiger partial charge is 0.376 e. The number of likely N-dealkylation sites (tertiary alicyclic amines) is 1. The van der Waals surface area contributed by atoms with E-state index in [9.17, 15) is 9.90 Å². The summed E-state index contributed by atoms with van der Waals surface area (Å²) in [5.41, 5.74) is 3.01. The monoisotopic (exact) mass is 365 g/mol. The van der Waals surface area contributed by atoms with Crippen molar-refractivity contribution in [2.75, 3.05) is 19.6 Å². The predicted octanol–water partition coefficient (Wildman–Crippen LogP) is 3.19. The summed E-state index contributed by atoms with van der Waals surface area (Å²) >= 11 is 0. The predicted molar refractivity (Wildman–Crippen MR) is 108 cm³/mol. The Morgan fingerprint density at radius 1 is 1.00 bits per heavy atom. The van der Waals surface area contributed by atoms with Crippen LogP contribution in [0, 0.1) is 0 Å². The molecule has 1 aliphatic rings. The number of para-hydroxylation sites is 2. The van der Waals surface area contributed by atoms with Gasteiger partial charge in [0.05, 0.1) is 11.0 Å². The minimum absolute atomic E-state index is 0.102. The van der Waals surface area contributed by atoms with Gasteiger partial charge in [-0.05, 0) is 36.5 Å². The molecule has 1 fully saturated rings. The maximum atomic E-state index is 12.8. The third-order valence-electron chi connectivity index (χ3n) is 5.83. The molecule has 1 N–H and O–H groups in total. The van der Waals surface area contributed by atoms with E-state index in [0.717, 1.165) is 43.5 Å². The van der Waals surface area contributed by atoms with Gasteiger partial charge in [-0.3, -0.25) is 9.13 Å². The summed E-state index contributed by atoms with van der Waals surface area (Å²) in [5.74, 6) is 0.502. The van der Waals surface area contributed by atoms with Crippen LogP contribution in [-0.4, -0.2) is 38.8 Å². The van der Waals surface area contributed by atoms with Gasteiger partial charge in [-0.25, -0.2) is 4.79 Å². The molecule has 2 heterocycles. The fraction of sp³-hybridized carbons (Fsp3) is 0.409. The highest BCUT2D eigenvalue weighted by atomic mass is 16.3. The van der Waals surface area contributed by atoms with Crippen molar-refractivity contribution in [3.8, 4) is 0 Å². The normalized spacial score (nSPS) is 17.4. The van der Waals surface area contributed by atoms with Crippen LogP contribution in [0.15, 0.2) is 59.4 Å². The van der Waals surface area contributed by atoms with Crippen molar-refractivity contribution in [1.29, 1.82) is 0 Å². The molecule has 1 atom stereocenters. The van der Waals surface area contributed by atoms with Crippen LogP contribution in [0.25, 0.3) is 11.0 Å². The summed E-state index contributed by atoms with van der Waals surface area (Å²) in [4.78, 5) is 15.3. The summed E-state index contributed by atoms with van der Waals surface area (Å²) in [5, 5.41) is 9.62. The summed E-state index contributed by atoms with van der Waals surface area (Å²) in [7, 11) is 0. The number of rotatable bonds is 5. The van der Waals surface area contributed by atoms with E-state index in [-0.39, 0.29) is 18.5 Å². The fourth-order valence-corrected chi connectivity index (χ4v) is 4.36. The number of nitrogens with zero attached hydrogens (tertiary/aromatic N) is 3. The molecule has 0 aliphatic carbocycles. The van der Waals surface area contributed by atoms with Crippen molar-refractivity contribution in [3.05, 3.63) is 70.6 Å². The number of benzene rings is 2. The second-order valence-electron chi connectivity index (χ2n) is 7.55. The average molecular weight is 365 g/mol. The van der Waals surface area contributed by atoms with Gasteiger partial charge in [0.25, 0.3) is 0 Å². The Morgan fingerprint density at radius 3 is 2.30 bits per heavy atom. The van der Waals surface area contributed by atoms with Gasteiger partial charge in [-0.1, -0.05) is 49.4 Å². The van der Waals surface area contributed by atoms with Crippen LogP contribution in [0.5, 0.6) is 0 Å². The van der Waals surface area contributed by atoms with E-state index in [2.05, 4.69) is 42.2 Å². The average Bonchev–Trinajstić information content (AvgIpc) is 3.00. The molecule has 0 bridgehead atoms. The van der Waals surface area contributed by atoms with Crippen molar-refractivity contribution in [2.24, 2.45) is 0 Å². The Hall–Kier alpha value is -2.37. The lowest BCUT2D eigenvalue weighted by Gasteiger charge is -2.34.